The van der Waals surface area contributed by atoms with Crippen LogP contribution in [0.1, 0.15) is 54.9 Å². The molecule has 1 heterocycles. The van der Waals surface area contributed by atoms with Crippen molar-refractivity contribution in [3.63, 3.8) is 0 Å². The highest BCUT2D eigenvalue weighted by Crippen LogP contribution is 2.27. The minimum atomic E-state index is -0.465. The SMILES string of the molecule is CC1CC(C)CN(C(C)(C)CNC(=O)[C@@H](N)C(C)(C)C)C1.Cl.Cl. The van der Waals surface area contributed by atoms with Crippen LogP contribution >= 0.6 is 24.8 Å². The minimum absolute atomic E-state index is 0. The van der Waals surface area contributed by atoms with Gasteiger partial charge in [0.1, 0.15) is 0 Å². The second kappa shape index (κ2) is 9.45. The number of piperidine rings is 1. The second-order valence-corrected chi connectivity index (χ2v) is 8.72. The third kappa shape index (κ3) is 7.59. The lowest BCUT2D eigenvalue weighted by Gasteiger charge is -2.45. The molecule has 0 radical (unpaired) electrons. The molecule has 3 atom stereocenters. The Balaban J connectivity index is 0. The number of hydrogen-bond donors (Lipinski definition) is 2. The molecule has 0 spiro atoms. The van der Waals surface area contributed by atoms with Crippen LogP contribution in [0.2, 0.25) is 0 Å². The number of rotatable bonds is 4. The predicted molar refractivity (Wildman–Crippen MR) is 104 cm³/mol. The zero-order chi connectivity index (χ0) is 16.4. The summed E-state index contributed by atoms with van der Waals surface area (Å²) in [5.41, 5.74) is 5.78. The molecule has 0 aromatic rings. The first-order valence-electron chi connectivity index (χ1n) is 8.22. The van der Waals surface area contributed by atoms with Gasteiger partial charge in [0.2, 0.25) is 5.91 Å². The molecule has 0 bridgehead atoms. The van der Waals surface area contributed by atoms with Crippen molar-refractivity contribution in [2.45, 2.75) is 66.5 Å². The quantitative estimate of drug-likeness (QED) is 0.800. The summed E-state index contributed by atoms with van der Waals surface area (Å²) >= 11 is 0. The highest BCUT2D eigenvalue weighted by atomic mass is 35.5. The molecule has 0 saturated carbocycles. The van der Waals surface area contributed by atoms with Crippen molar-refractivity contribution in [2.24, 2.45) is 23.0 Å². The highest BCUT2D eigenvalue weighted by Gasteiger charge is 2.34. The highest BCUT2D eigenvalue weighted by molar-refractivity contribution is 5.85. The van der Waals surface area contributed by atoms with Crippen LogP contribution in [-0.4, -0.2) is 42.0 Å². The molecule has 2 unspecified atom stereocenters. The summed E-state index contributed by atoms with van der Waals surface area (Å²) < 4.78 is 0. The van der Waals surface area contributed by atoms with E-state index in [-0.39, 0.29) is 41.7 Å². The number of hydrogen-bond acceptors (Lipinski definition) is 3. The van der Waals surface area contributed by atoms with Gasteiger partial charge in [-0.2, -0.15) is 0 Å². The molecular weight excluding hydrogens is 333 g/mol. The average Bonchev–Trinajstić information content (AvgIpc) is 2.32. The van der Waals surface area contributed by atoms with Gasteiger partial charge >= 0.3 is 0 Å². The fraction of sp³-hybridized carbons (Fsp3) is 0.941. The van der Waals surface area contributed by atoms with Crippen LogP contribution in [-0.2, 0) is 4.79 Å². The van der Waals surface area contributed by atoms with Gasteiger partial charge in [0, 0.05) is 25.2 Å². The Morgan fingerprint density at radius 2 is 1.57 bits per heavy atom. The van der Waals surface area contributed by atoms with E-state index in [0.29, 0.717) is 6.54 Å². The maximum Gasteiger partial charge on any atom is 0.237 e. The van der Waals surface area contributed by atoms with E-state index < -0.39 is 6.04 Å². The molecule has 0 aliphatic carbocycles. The van der Waals surface area contributed by atoms with Crippen molar-refractivity contribution >= 4 is 30.7 Å². The molecule has 4 nitrogen and oxygen atoms in total. The van der Waals surface area contributed by atoms with Crippen LogP contribution in [0.3, 0.4) is 0 Å². The molecular formula is C17H37Cl2N3O. The Kier molecular flexibility index (Phi) is 10.4. The van der Waals surface area contributed by atoms with Crippen LogP contribution in [0.25, 0.3) is 0 Å². The van der Waals surface area contributed by atoms with Gasteiger partial charge in [-0.3, -0.25) is 9.69 Å². The van der Waals surface area contributed by atoms with Gasteiger partial charge in [-0.15, -0.1) is 24.8 Å². The maximum atomic E-state index is 12.2. The van der Waals surface area contributed by atoms with Gasteiger partial charge in [-0.05, 0) is 37.5 Å². The van der Waals surface area contributed by atoms with Crippen molar-refractivity contribution in [1.29, 1.82) is 0 Å². The van der Waals surface area contributed by atoms with E-state index in [4.69, 9.17) is 5.73 Å². The zero-order valence-corrected chi connectivity index (χ0v) is 17.4. The molecule has 1 aliphatic rings. The topological polar surface area (TPSA) is 58.4 Å². The van der Waals surface area contributed by atoms with Crippen LogP contribution in [0.4, 0.5) is 0 Å². The van der Waals surface area contributed by atoms with E-state index in [1.54, 1.807) is 0 Å². The molecule has 6 heteroatoms. The number of amides is 1. The fourth-order valence-corrected chi connectivity index (χ4v) is 3.08. The Morgan fingerprint density at radius 1 is 1.13 bits per heavy atom. The lowest BCUT2D eigenvalue weighted by molar-refractivity contribution is -0.125. The second-order valence-electron chi connectivity index (χ2n) is 8.72. The Labute approximate surface area is 155 Å². The van der Waals surface area contributed by atoms with Crippen molar-refractivity contribution < 1.29 is 4.79 Å². The minimum Gasteiger partial charge on any atom is -0.353 e. The van der Waals surface area contributed by atoms with Gasteiger partial charge in [0.05, 0.1) is 6.04 Å². The molecule has 23 heavy (non-hydrogen) atoms. The summed E-state index contributed by atoms with van der Waals surface area (Å²) in [7, 11) is 0. The van der Waals surface area contributed by atoms with E-state index in [0.717, 1.165) is 24.9 Å². The summed E-state index contributed by atoms with van der Waals surface area (Å²) in [6, 6.07) is -0.465. The van der Waals surface area contributed by atoms with Gasteiger partial charge < -0.3 is 11.1 Å². The number of carbonyl (C=O) groups excluding carboxylic acids is 1. The number of nitrogens with two attached hydrogens (primary N) is 1. The van der Waals surface area contributed by atoms with Crippen LogP contribution < -0.4 is 11.1 Å². The molecule has 1 aliphatic heterocycles. The molecule has 0 aromatic heterocycles. The van der Waals surface area contributed by atoms with Crippen molar-refractivity contribution in [1.82, 2.24) is 10.2 Å². The number of halogens is 2. The average molecular weight is 370 g/mol. The van der Waals surface area contributed by atoms with Crippen LogP contribution in [0.5, 0.6) is 0 Å². The summed E-state index contributed by atoms with van der Waals surface area (Å²) in [5.74, 6) is 1.40. The molecule has 1 rings (SSSR count). The largest absolute Gasteiger partial charge is 0.353 e. The predicted octanol–water partition coefficient (Wildman–Crippen LogP) is 3.08. The smallest absolute Gasteiger partial charge is 0.237 e. The Bertz CT molecular complexity index is 359. The molecule has 1 fully saturated rings. The third-order valence-electron chi connectivity index (χ3n) is 4.64. The Hall–Kier alpha value is -0.0300. The van der Waals surface area contributed by atoms with E-state index in [2.05, 4.69) is 37.9 Å². The molecule has 1 saturated heterocycles. The van der Waals surface area contributed by atoms with Crippen molar-refractivity contribution in [3.8, 4) is 0 Å². The fourth-order valence-electron chi connectivity index (χ4n) is 3.08. The summed E-state index contributed by atoms with van der Waals surface area (Å²) in [5, 5.41) is 3.05. The lowest BCUT2D eigenvalue weighted by atomic mass is 9.86. The van der Waals surface area contributed by atoms with Crippen LogP contribution in [0, 0.1) is 17.3 Å². The van der Waals surface area contributed by atoms with E-state index in [1.807, 2.05) is 20.8 Å². The molecule has 1 amide bonds. The molecule has 3 N–H and O–H groups in total. The first-order chi connectivity index (χ1) is 9.43. The Morgan fingerprint density at radius 3 is 1.96 bits per heavy atom. The number of nitrogens with zero attached hydrogens (tertiary/aromatic N) is 1. The monoisotopic (exact) mass is 369 g/mol. The normalized spacial score (nSPS) is 24.2. The van der Waals surface area contributed by atoms with Gasteiger partial charge in [-0.25, -0.2) is 0 Å². The van der Waals surface area contributed by atoms with Crippen molar-refractivity contribution in [2.75, 3.05) is 19.6 Å². The zero-order valence-electron chi connectivity index (χ0n) is 15.8. The first kappa shape index (κ1) is 25.2. The van der Waals surface area contributed by atoms with E-state index in [9.17, 15) is 4.79 Å². The van der Waals surface area contributed by atoms with Gasteiger partial charge in [0.15, 0.2) is 0 Å². The molecule has 0 aromatic carbocycles. The third-order valence-corrected chi connectivity index (χ3v) is 4.64. The molecule has 140 valence electrons. The summed E-state index contributed by atoms with van der Waals surface area (Å²) in [6.45, 7) is 17.9. The summed E-state index contributed by atoms with van der Waals surface area (Å²) in [4.78, 5) is 14.7. The van der Waals surface area contributed by atoms with Gasteiger partial charge in [-0.1, -0.05) is 34.6 Å². The maximum absolute atomic E-state index is 12.2. The van der Waals surface area contributed by atoms with E-state index >= 15 is 0 Å². The lowest BCUT2D eigenvalue weighted by Crippen LogP contribution is -2.58. The number of carbonyl (C=O) groups is 1. The van der Waals surface area contributed by atoms with Gasteiger partial charge in [0.25, 0.3) is 0 Å². The summed E-state index contributed by atoms with van der Waals surface area (Å²) in [6.07, 6.45) is 1.30. The standard InChI is InChI=1S/C17H35N3O.2ClH/c1-12-8-13(2)10-20(9-12)17(6,7)11-19-15(21)14(18)16(3,4)5;;/h12-14H,8-11,18H2,1-7H3,(H,19,21);2*1H/t12?,13?,14-;;/m1../s1. The van der Waals surface area contributed by atoms with Crippen LogP contribution in [0.15, 0.2) is 0 Å². The van der Waals surface area contributed by atoms with Crippen molar-refractivity contribution in [3.05, 3.63) is 0 Å². The number of nitrogens with one attached hydrogen (secondary N) is 1. The number of likely N-dealkylation sites (tertiary alicyclic amines) is 1. The first-order valence-corrected chi connectivity index (χ1v) is 8.22. The van der Waals surface area contributed by atoms with E-state index in [1.165, 1.54) is 6.42 Å².